The van der Waals surface area contributed by atoms with Crippen LogP contribution in [0.25, 0.3) is 0 Å². The lowest BCUT2D eigenvalue weighted by molar-refractivity contribution is -0.137. The Hall–Kier alpha value is -3.51. The van der Waals surface area contributed by atoms with Crippen LogP contribution < -0.4 is 20.2 Å². The van der Waals surface area contributed by atoms with E-state index in [0.29, 0.717) is 0 Å². The lowest BCUT2D eigenvalue weighted by Gasteiger charge is -2.11. The van der Waals surface area contributed by atoms with Gasteiger partial charge in [-0.3, -0.25) is 4.79 Å². The number of alkyl halides is 7. The van der Waals surface area contributed by atoms with Crippen LogP contribution in [0.4, 0.5) is 36.4 Å². The molecule has 2 rings (SSSR count). The second-order valence-electron chi connectivity index (χ2n) is 5.68. The maximum absolute atomic E-state index is 12.7. The molecule has 2 aromatic rings. The van der Waals surface area contributed by atoms with Crippen LogP contribution in [0.3, 0.4) is 0 Å². The molecule has 1 amide bonds. The monoisotopic (exact) mass is 453 g/mol. The van der Waals surface area contributed by atoms with E-state index in [0.717, 1.165) is 42.6 Å². The maximum atomic E-state index is 12.7. The fourth-order valence-electron chi connectivity index (χ4n) is 2.20. The van der Waals surface area contributed by atoms with Crippen molar-refractivity contribution >= 4 is 17.8 Å². The van der Waals surface area contributed by atoms with Crippen molar-refractivity contribution in [2.45, 2.75) is 19.4 Å². The average Bonchev–Trinajstić information content (AvgIpc) is 2.66. The second-order valence-corrected chi connectivity index (χ2v) is 5.68. The van der Waals surface area contributed by atoms with Crippen molar-refractivity contribution in [3.05, 3.63) is 53.6 Å². The van der Waals surface area contributed by atoms with Crippen molar-refractivity contribution in [2.75, 3.05) is 11.9 Å². The Morgan fingerprint density at radius 2 is 1.74 bits per heavy atom. The first-order valence-corrected chi connectivity index (χ1v) is 8.31. The number of amides is 1. The van der Waals surface area contributed by atoms with Crippen LogP contribution in [0.15, 0.2) is 47.6 Å². The molecule has 0 unspecified atom stereocenters. The summed E-state index contributed by atoms with van der Waals surface area (Å²) in [5.74, 6) is -1.73. The van der Waals surface area contributed by atoms with E-state index in [2.05, 4.69) is 19.9 Å². The van der Waals surface area contributed by atoms with E-state index >= 15 is 0 Å². The molecule has 0 atom stereocenters. The van der Waals surface area contributed by atoms with Crippen LogP contribution in [-0.4, -0.2) is 31.9 Å². The molecule has 168 valence electrons. The summed E-state index contributed by atoms with van der Waals surface area (Å²) in [6.07, 6.45) is -3.63. The average molecular weight is 453 g/mol. The largest absolute Gasteiger partial charge is 0.435 e. The van der Waals surface area contributed by atoms with Crippen LogP contribution in [0.1, 0.15) is 11.1 Å². The molecule has 0 aromatic heterocycles. The van der Waals surface area contributed by atoms with Gasteiger partial charge in [-0.15, -0.1) is 0 Å². The highest BCUT2D eigenvalue weighted by molar-refractivity contribution is 5.86. The summed E-state index contributed by atoms with van der Waals surface area (Å²) in [5, 5.41) is 5.98. The SMILES string of the molecule is O=C(CNc1cccc(C(F)(F)F)c1)N/N=C/c1ccc(OC(F)F)cc1OC(F)F. The molecular formula is C18H14F7N3O3. The first-order chi connectivity index (χ1) is 14.5. The molecule has 0 radical (unpaired) electrons. The number of hydrogen-bond acceptors (Lipinski definition) is 5. The highest BCUT2D eigenvalue weighted by Gasteiger charge is 2.30. The molecule has 13 heteroatoms. The van der Waals surface area contributed by atoms with Gasteiger partial charge in [-0.2, -0.15) is 35.8 Å². The predicted molar refractivity (Wildman–Crippen MR) is 95.4 cm³/mol. The number of hydrogen-bond donors (Lipinski definition) is 2. The maximum Gasteiger partial charge on any atom is 0.416 e. The van der Waals surface area contributed by atoms with Gasteiger partial charge in [0.25, 0.3) is 5.91 Å². The van der Waals surface area contributed by atoms with E-state index in [9.17, 15) is 35.5 Å². The summed E-state index contributed by atoms with van der Waals surface area (Å²) < 4.78 is 95.8. The number of rotatable bonds is 9. The first-order valence-electron chi connectivity index (χ1n) is 8.31. The summed E-state index contributed by atoms with van der Waals surface area (Å²) in [5.41, 5.74) is 1.07. The molecule has 0 heterocycles. The van der Waals surface area contributed by atoms with Gasteiger partial charge in [-0.25, -0.2) is 5.43 Å². The summed E-state index contributed by atoms with van der Waals surface area (Å²) in [6, 6.07) is 7.08. The fourth-order valence-corrected chi connectivity index (χ4v) is 2.20. The van der Waals surface area contributed by atoms with E-state index in [-0.39, 0.29) is 11.3 Å². The van der Waals surface area contributed by atoms with Gasteiger partial charge in [0.2, 0.25) is 0 Å². The third-order valence-corrected chi connectivity index (χ3v) is 3.46. The quantitative estimate of drug-likeness (QED) is 0.334. The molecule has 0 aliphatic carbocycles. The molecule has 0 spiro atoms. The van der Waals surface area contributed by atoms with Crippen molar-refractivity contribution in [1.82, 2.24) is 5.43 Å². The van der Waals surface area contributed by atoms with E-state index in [4.69, 9.17) is 0 Å². The van der Waals surface area contributed by atoms with E-state index in [1.807, 2.05) is 5.43 Å². The van der Waals surface area contributed by atoms with Crippen LogP contribution in [0.5, 0.6) is 11.5 Å². The van der Waals surface area contributed by atoms with Gasteiger partial charge in [-0.05, 0) is 30.3 Å². The molecule has 0 aliphatic heterocycles. The Balaban J connectivity index is 1.97. The first kappa shape index (κ1) is 23.8. The highest BCUT2D eigenvalue weighted by atomic mass is 19.4. The number of anilines is 1. The van der Waals surface area contributed by atoms with Crippen molar-refractivity contribution in [2.24, 2.45) is 5.10 Å². The fraction of sp³-hybridized carbons (Fsp3) is 0.222. The number of nitrogens with zero attached hydrogens (tertiary/aromatic N) is 1. The van der Waals surface area contributed by atoms with Gasteiger partial charge in [0.1, 0.15) is 11.5 Å². The summed E-state index contributed by atoms with van der Waals surface area (Å²) in [7, 11) is 0. The number of halogens is 7. The molecule has 2 N–H and O–H groups in total. The van der Waals surface area contributed by atoms with Gasteiger partial charge in [-0.1, -0.05) is 6.07 Å². The molecule has 0 bridgehead atoms. The number of nitrogens with one attached hydrogen (secondary N) is 2. The van der Waals surface area contributed by atoms with Crippen molar-refractivity contribution in [3.8, 4) is 11.5 Å². The zero-order valence-corrected chi connectivity index (χ0v) is 15.3. The second kappa shape index (κ2) is 10.5. The number of benzene rings is 2. The lowest BCUT2D eigenvalue weighted by atomic mass is 10.2. The number of ether oxygens (including phenoxy) is 2. The molecule has 31 heavy (non-hydrogen) atoms. The molecule has 0 fully saturated rings. The topological polar surface area (TPSA) is 72.0 Å². The summed E-state index contributed by atoms with van der Waals surface area (Å²) >= 11 is 0. The summed E-state index contributed by atoms with van der Waals surface area (Å²) in [4.78, 5) is 11.8. The van der Waals surface area contributed by atoms with Gasteiger partial charge in [0.15, 0.2) is 0 Å². The Labute approximate surface area is 170 Å². The molecule has 0 saturated carbocycles. The van der Waals surface area contributed by atoms with Crippen molar-refractivity contribution in [3.63, 3.8) is 0 Å². The normalized spacial score (nSPS) is 11.8. The molecule has 0 aliphatic rings. The predicted octanol–water partition coefficient (Wildman–Crippen LogP) is 4.47. The lowest BCUT2D eigenvalue weighted by Crippen LogP contribution is -2.26. The van der Waals surface area contributed by atoms with E-state index < -0.39 is 48.9 Å². The van der Waals surface area contributed by atoms with Crippen molar-refractivity contribution < 1.29 is 45.0 Å². The Bertz CT molecular complexity index is 921. The minimum Gasteiger partial charge on any atom is -0.435 e. The standard InChI is InChI=1S/C18H14F7N3O3/c19-16(20)30-13-5-4-10(14(7-13)31-17(21)22)8-27-28-15(29)9-26-12-3-1-2-11(6-12)18(23,24)25/h1-8,16-17,26H,9H2,(H,28,29)/b27-8+. The van der Waals surface area contributed by atoms with Crippen LogP contribution in [-0.2, 0) is 11.0 Å². The van der Waals surface area contributed by atoms with Gasteiger partial charge in [0.05, 0.1) is 18.3 Å². The zero-order valence-electron chi connectivity index (χ0n) is 15.3. The van der Waals surface area contributed by atoms with Crippen LogP contribution >= 0.6 is 0 Å². The Morgan fingerprint density at radius 1 is 1.03 bits per heavy atom. The minimum atomic E-state index is -4.54. The third kappa shape index (κ3) is 8.03. The number of carbonyl (C=O) groups is 1. The molecule has 2 aromatic carbocycles. The number of hydrazone groups is 1. The zero-order chi connectivity index (χ0) is 23.0. The highest BCUT2D eigenvalue weighted by Crippen LogP contribution is 2.30. The van der Waals surface area contributed by atoms with E-state index in [1.54, 1.807) is 0 Å². The van der Waals surface area contributed by atoms with Gasteiger partial charge >= 0.3 is 19.4 Å². The smallest absolute Gasteiger partial charge is 0.416 e. The molecule has 0 saturated heterocycles. The van der Waals surface area contributed by atoms with Gasteiger partial charge < -0.3 is 14.8 Å². The molecule has 6 nitrogen and oxygen atoms in total. The Morgan fingerprint density at radius 3 is 2.39 bits per heavy atom. The van der Waals surface area contributed by atoms with Gasteiger partial charge in [0, 0.05) is 17.3 Å². The third-order valence-electron chi connectivity index (χ3n) is 3.46. The van der Waals surface area contributed by atoms with Crippen molar-refractivity contribution in [1.29, 1.82) is 0 Å². The Kier molecular flexibility index (Phi) is 8.05. The van der Waals surface area contributed by atoms with E-state index in [1.165, 1.54) is 6.07 Å². The molecular weight excluding hydrogens is 439 g/mol. The van der Waals surface area contributed by atoms with Crippen LogP contribution in [0, 0.1) is 0 Å². The summed E-state index contributed by atoms with van der Waals surface area (Å²) in [6.45, 7) is -6.89. The number of carbonyl (C=O) groups excluding carboxylic acids is 1. The van der Waals surface area contributed by atoms with Crippen LogP contribution in [0.2, 0.25) is 0 Å². The minimum absolute atomic E-state index is 0.0381.